The van der Waals surface area contributed by atoms with Gasteiger partial charge in [-0.3, -0.25) is 4.98 Å². The molecule has 1 aliphatic heterocycles. The fourth-order valence-electron chi connectivity index (χ4n) is 2.10. The first-order valence-electron chi connectivity index (χ1n) is 6.14. The van der Waals surface area contributed by atoms with E-state index in [2.05, 4.69) is 15.0 Å². The molecule has 1 aliphatic rings. The molecule has 6 nitrogen and oxygen atoms in total. The van der Waals surface area contributed by atoms with Crippen LogP contribution in [0.25, 0.3) is 0 Å². The summed E-state index contributed by atoms with van der Waals surface area (Å²) in [5.41, 5.74) is 0.234. The Morgan fingerprint density at radius 3 is 2.90 bits per heavy atom. The van der Waals surface area contributed by atoms with Gasteiger partial charge in [0.15, 0.2) is 0 Å². The highest BCUT2D eigenvalue weighted by atomic mass is 35.5. The number of piperidine rings is 1. The highest BCUT2D eigenvalue weighted by Gasteiger charge is 2.26. The van der Waals surface area contributed by atoms with Crippen LogP contribution in [0.2, 0.25) is 0 Å². The van der Waals surface area contributed by atoms with Gasteiger partial charge in [0, 0.05) is 24.5 Å². The number of pyridine rings is 1. The Hall–Kier alpha value is -1.20. The Labute approximate surface area is 125 Å². The lowest BCUT2D eigenvalue weighted by Crippen LogP contribution is -2.51. The Kier molecular flexibility index (Phi) is 5.89. The number of nitrogens with zero attached hydrogens (tertiary/aromatic N) is 2. The SMILES string of the molecule is CC1NCCCC1NS(=O)(=O)c1cncc(C#N)c1.Cl. The zero-order chi connectivity index (χ0) is 13.9. The summed E-state index contributed by atoms with van der Waals surface area (Å²) in [5.74, 6) is 0. The Balaban J connectivity index is 0.00000200. The van der Waals surface area contributed by atoms with E-state index in [0.29, 0.717) is 0 Å². The van der Waals surface area contributed by atoms with Crippen molar-refractivity contribution in [1.82, 2.24) is 15.0 Å². The van der Waals surface area contributed by atoms with Crippen LogP contribution >= 0.6 is 12.4 Å². The van der Waals surface area contributed by atoms with Gasteiger partial charge in [0.2, 0.25) is 10.0 Å². The molecule has 2 unspecified atom stereocenters. The number of halogens is 1. The molecule has 0 radical (unpaired) electrons. The van der Waals surface area contributed by atoms with Crippen molar-refractivity contribution in [2.75, 3.05) is 6.54 Å². The zero-order valence-corrected chi connectivity index (χ0v) is 12.7. The molecule has 1 aromatic heterocycles. The Bertz CT molecular complexity index is 600. The maximum atomic E-state index is 12.2. The number of hydrogen-bond donors (Lipinski definition) is 2. The molecular weight excluding hydrogens is 300 g/mol. The van der Waals surface area contributed by atoms with E-state index in [4.69, 9.17) is 5.26 Å². The Morgan fingerprint density at radius 1 is 1.50 bits per heavy atom. The number of nitrogens with one attached hydrogen (secondary N) is 2. The molecule has 2 N–H and O–H groups in total. The fourth-order valence-corrected chi connectivity index (χ4v) is 3.44. The normalized spacial score (nSPS) is 22.6. The first-order valence-corrected chi connectivity index (χ1v) is 7.62. The van der Waals surface area contributed by atoms with Crippen molar-refractivity contribution in [3.63, 3.8) is 0 Å². The second-order valence-corrected chi connectivity index (χ2v) is 6.35. The molecule has 1 saturated heterocycles. The molecular formula is C12H17ClN4O2S. The van der Waals surface area contributed by atoms with E-state index in [1.165, 1.54) is 18.5 Å². The molecule has 0 spiro atoms. The minimum absolute atomic E-state index is 0. The van der Waals surface area contributed by atoms with Gasteiger partial charge in [-0.1, -0.05) is 0 Å². The third-order valence-corrected chi connectivity index (χ3v) is 4.68. The van der Waals surface area contributed by atoms with Crippen molar-refractivity contribution in [3.8, 4) is 6.07 Å². The molecule has 1 fully saturated rings. The van der Waals surface area contributed by atoms with Crippen LogP contribution in [0, 0.1) is 11.3 Å². The van der Waals surface area contributed by atoms with Gasteiger partial charge in [0.1, 0.15) is 11.0 Å². The smallest absolute Gasteiger partial charge is 0.242 e. The van der Waals surface area contributed by atoms with Gasteiger partial charge < -0.3 is 5.32 Å². The van der Waals surface area contributed by atoms with Crippen molar-refractivity contribution >= 4 is 22.4 Å². The van der Waals surface area contributed by atoms with Gasteiger partial charge in [-0.15, -0.1) is 12.4 Å². The van der Waals surface area contributed by atoms with Crippen molar-refractivity contribution in [2.45, 2.75) is 36.7 Å². The van der Waals surface area contributed by atoms with E-state index in [-0.39, 0.29) is 34.9 Å². The van der Waals surface area contributed by atoms with Crippen molar-refractivity contribution in [1.29, 1.82) is 5.26 Å². The third kappa shape index (κ3) is 3.90. The van der Waals surface area contributed by atoms with E-state index in [1.54, 1.807) is 0 Å². The van der Waals surface area contributed by atoms with E-state index in [1.807, 2.05) is 13.0 Å². The topological polar surface area (TPSA) is 94.9 Å². The van der Waals surface area contributed by atoms with Gasteiger partial charge in [0.05, 0.1) is 5.56 Å². The lowest BCUT2D eigenvalue weighted by atomic mass is 10.0. The van der Waals surface area contributed by atoms with Crippen LogP contribution in [-0.2, 0) is 10.0 Å². The second kappa shape index (κ2) is 6.99. The summed E-state index contributed by atoms with van der Waals surface area (Å²) < 4.78 is 27.1. The van der Waals surface area contributed by atoms with E-state index < -0.39 is 10.0 Å². The molecule has 2 atom stereocenters. The van der Waals surface area contributed by atoms with Gasteiger partial charge in [-0.2, -0.15) is 5.26 Å². The lowest BCUT2D eigenvalue weighted by Gasteiger charge is -2.30. The molecule has 8 heteroatoms. The second-order valence-electron chi connectivity index (χ2n) is 4.63. The van der Waals surface area contributed by atoms with Crippen molar-refractivity contribution in [2.24, 2.45) is 0 Å². The van der Waals surface area contributed by atoms with Crippen molar-refractivity contribution < 1.29 is 8.42 Å². The molecule has 110 valence electrons. The van der Waals surface area contributed by atoms with Crippen LogP contribution in [-0.4, -0.2) is 32.0 Å². The van der Waals surface area contributed by atoms with Gasteiger partial charge in [-0.25, -0.2) is 13.1 Å². The lowest BCUT2D eigenvalue weighted by molar-refractivity contribution is 0.349. The number of sulfonamides is 1. The van der Waals surface area contributed by atoms with Gasteiger partial charge >= 0.3 is 0 Å². The minimum atomic E-state index is -3.63. The fraction of sp³-hybridized carbons (Fsp3) is 0.500. The van der Waals surface area contributed by atoms with Crippen LogP contribution in [0.15, 0.2) is 23.4 Å². The number of aromatic nitrogens is 1. The summed E-state index contributed by atoms with van der Waals surface area (Å²) in [7, 11) is -3.63. The van der Waals surface area contributed by atoms with Gasteiger partial charge in [-0.05, 0) is 32.4 Å². The predicted octanol–water partition coefficient (Wildman–Crippen LogP) is 0.794. The van der Waals surface area contributed by atoms with E-state index >= 15 is 0 Å². The molecule has 1 aromatic rings. The quantitative estimate of drug-likeness (QED) is 0.860. The van der Waals surface area contributed by atoms with Crippen LogP contribution in [0.5, 0.6) is 0 Å². The highest BCUT2D eigenvalue weighted by molar-refractivity contribution is 7.89. The van der Waals surface area contributed by atoms with Crippen LogP contribution in [0.4, 0.5) is 0 Å². The highest BCUT2D eigenvalue weighted by Crippen LogP contribution is 2.14. The van der Waals surface area contributed by atoms with Crippen molar-refractivity contribution in [3.05, 3.63) is 24.0 Å². The summed E-state index contributed by atoms with van der Waals surface area (Å²) in [6.45, 7) is 2.86. The molecule has 2 heterocycles. The zero-order valence-electron chi connectivity index (χ0n) is 11.0. The summed E-state index contributed by atoms with van der Waals surface area (Å²) >= 11 is 0. The largest absolute Gasteiger partial charge is 0.313 e. The third-order valence-electron chi connectivity index (χ3n) is 3.22. The Morgan fingerprint density at radius 2 is 2.25 bits per heavy atom. The first-order chi connectivity index (χ1) is 9.03. The molecule has 0 saturated carbocycles. The average molecular weight is 317 g/mol. The number of rotatable bonds is 3. The summed E-state index contributed by atoms with van der Waals surface area (Å²) in [6.07, 6.45) is 4.33. The maximum absolute atomic E-state index is 12.2. The molecule has 0 amide bonds. The first kappa shape index (κ1) is 16.9. The minimum Gasteiger partial charge on any atom is -0.313 e. The molecule has 2 rings (SSSR count). The van der Waals surface area contributed by atoms with E-state index in [9.17, 15) is 8.42 Å². The summed E-state index contributed by atoms with van der Waals surface area (Å²) in [6, 6.07) is 3.17. The molecule has 20 heavy (non-hydrogen) atoms. The van der Waals surface area contributed by atoms with E-state index in [0.717, 1.165) is 19.4 Å². The summed E-state index contributed by atoms with van der Waals surface area (Å²) in [5, 5.41) is 12.0. The maximum Gasteiger partial charge on any atom is 0.242 e. The number of nitriles is 1. The molecule has 0 aromatic carbocycles. The predicted molar refractivity (Wildman–Crippen MR) is 77.0 cm³/mol. The monoisotopic (exact) mass is 316 g/mol. The summed E-state index contributed by atoms with van der Waals surface area (Å²) in [4.78, 5) is 3.81. The molecule has 0 bridgehead atoms. The average Bonchev–Trinajstić information content (AvgIpc) is 2.41. The molecule has 0 aliphatic carbocycles. The van der Waals surface area contributed by atoms with Crippen LogP contribution in [0.3, 0.4) is 0 Å². The van der Waals surface area contributed by atoms with Crippen LogP contribution in [0.1, 0.15) is 25.3 Å². The van der Waals surface area contributed by atoms with Gasteiger partial charge in [0.25, 0.3) is 0 Å². The standard InChI is InChI=1S/C12H16N4O2S.ClH/c1-9-12(3-2-4-15-9)16-19(17,18)11-5-10(6-13)7-14-8-11;/h5,7-9,12,15-16H,2-4H2,1H3;1H. The number of hydrogen-bond acceptors (Lipinski definition) is 5. The van der Waals surface area contributed by atoms with Crippen LogP contribution < -0.4 is 10.0 Å².